The van der Waals surface area contributed by atoms with E-state index in [4.69, 9.17) is 4.55 Å². The number of aromatic nitrogens is 1. The van der Waals surface area contributed by atoms with E-state index in [-0.39, 0.29) is 5.75 Å². The summed E-state index contributed by atoms with van der Waals surface area (Å²) in [6.07, 6.45) is 22.2. The Labute approximate surface area is 232 Å². The summed E-state index contributed by atoms with van der Waals surface area (Å²) < 4.78 is 33.1. The smallest absolute Gasteiger partial charge is 0.265 e. The molecule has 212 valence electrons. The summed E-state index contributed by atoms with van der Waals surface area (Å²) >= 11 is 0. The van der Waals surface area contributed by atoms with Gasteiger partial charge in [0.05, 0.1) is 5.75 Å². The van der Waals surface area contributed by atoms with Gasteiger partial charge in [-0.05, 0) is 24.5 Å². The number of nitrogens with zero attached hydrogens (tertiary/aromatic N) is 2. The molecule has 2 aromatic rings. The van der Waals surface area contributed by atoms with Crippen LogP contribution in [0.15, 0.2) is 54.9 Å². The number of rotatable bonds is 21. The van der Waals surface area contributed by atoms with E-state index in [1.807, 2.05) is 17.0 Å². The predicted octanol–water partition coefficient (Wildman–Crippen LogP) is 7.77. The van der Waals surface area contributed by atoms with Gasteiger partial charge in [0.15, 0.2) is 12.4 Å². The molecule has 38 heavy (non-hydrogen) atoms. The molecule has 0 aliphatic heterocycles. The Morgan fingerprint density at radius 1 is 0.763 bits per heavy atom. The van der Waals surface area contributed by atoms with Crippen LogP contribution in [0.3, 0.4) is 0 Å². The van der Waals surface area contributed by atoms with Gasteiger partial charge in [-0.15, -0.1) is 0 Å². The summed E-state index contributed by atoms with van der Waals surface area (Å²) in [6.45, 7) is 7.20. The molecule has 0 spiro atoms. The number of pyridine rings is 1. The van der Waals surface area contributed by atoms with Crippen molar-refractivity contribution in [3.63, 3.8) is 0 Å². The first-order chi connectivity index (χ1) is 18.4. The van der Waals surface area contributed by atoms with Crippen LogP contribution >= 0.6 is 0 Å². The Balaban J connectivity index is 2.19. The summed E-state index contributed by atoms with van der Waals surface area (Å²) in [5, 5.41) is 0. The van der Waals surface area contributed by atoms with Crippen LogP contribution in [0.25, 0.3) is 11.8 Å². The van der Waals surface area contributed by atoms with Gasteiger partial charge in [-0.1, -0.05) is 108 Å². The SMILES string of the molecule is CCCCCCCCN(CCCCCCCC)C(=Cc1ccccc1)c1cc[n+](CCCS(=O)(=O)O)cc1. The van der Waals surface area contributed by atoms with Gasteiger partial charge in [0.2, 0.25) is 0 Å². The molecule has 0 saturated heterocycles. The lowest BCUT2D eigenvalue weighted by molar-refractivity contribution is -0.696. The second kappa shape index (κ2) is 19.0. The molecule has 0 aliphatic rings. The van der Waals surface area contributed by atoms with E-state index >= 15 is 0 Å². The minimum absolute atomic E-state index is 0.217. The molecule has 0 atom stereocenters. The first-order valence-electron chi connectivity index (χ1n) is 14.9. The lowest BCUT2D eigenvalue weighted by atomic mass is 10.1. The molecule has 1 aromatic carbocycles. The van der Waals surface area contributed by atoms with Gasteiger partial charge in [0, 0.05) is 42.9 Å². The molecule has 0 amide bonds. The van der Waals surface area contributed by atoms with E-state index in [0.717, 1.165) is 13.1 Å². The van der Waals surface area contributed by atoms with Crippen LogP contribution in [0, 0.1) is 0 Å². The summed E-state index contributed by atoms with van der Waals surface area (Å²) in [4.78, 5) is 2.59. The molecule has 2 rings (SSSR count). The lowest BCUT2D eigenvalue weighted by Crippen LogP contribution is -2.34. The highest BCUT2D eigenvalue weighted by atomic mass is 32.2. The van der Waals surface area contributed by atoms with E-state index in [1.54, 1.807) is 0 Å². The first-order valence-corrected chi connectivity index (χ1v) is 16.5. The Morgan fingerprint density at radius 3 is 1.82 bits per heavy atom. The summed E-state index contributed by atoms with van der Waals surface area (Å²) in [5.74, 6) is -0.217. The zero-order valence-corrected chi connectivity index (χ0v) is 24.7. The van der Waals surface area contributed by atoms with Crippen molar-refractivity contribution in [2.75, 3.05) is 18.8 Å². The molecule has 0 saturated carbocycles. The Bertz CT molecular complexity index is 989. The molecule has 0 bridgehead atoms. The number of unbranched alkanes of at least 4 members (excludes halogenated alkanes) is 10. The van der Waals surface area contributed by atoms with E-state index in [9.17, 15) is 8.42 Å². The molecule has 0 radical (unpaired) electrons. The fourth-order valence-electron chi connectivity index (χ4n) is 4.79. The maximum atomic E-state index is 11.1. The van der Waals surface area contributed by atoms with Crippen LogP contribution in [-0.2, 0) is 16.7 Å². The van der Waals surface area contributed by atoms with E-state index in [0.29, 0.717) is 13.0 Å². The predicted molar refractivity (Wildman–Crippen MR) is 160 cm³/mol. The summed E-state index contributed by atoms with van der Waals surface area (Å²) in [6, 6.07) is 14.8. The Morgan fingerprint density at radius 2 is 1.29 bits per heavy atom. The molecule has 6 heteroatoms. The minimum Gasteiger partial charge on any atom is -0.371 e. The zero-order chi connectivity index (χ0) is 27.5. The monoisotopic (exact) mass is 543 g/mol. The van der Waals surface area contributed by atoms with Crippen molar-refractivity contribution in [3.8, 4) is 0 Å². The number of benzene rings is 1. The van der Waals surface area contributed by atoms with Gasteiger partial charge in [0.25, 0.3) is 10.1 Å². The highest BCUT2D eigenvalue weighted by Crippen LogP contribution is 2.24. The summed E-state index contributed by atoms with van der Waals surface area (Å²) in [7, 11) is -3.92. The van der Waals surface area contributed by atoms with Crippen molar-refractivity contribution in [2.24, 2.45) is 0 Å². The average molecular weight is 544 g/mol. The van der Waals surface area contributed by atoms with Gasteiger partial charge >= 0.3 is 0 Å². The zero-order valence-electron chi connectivity index (χ0n) is 23.9. The highest BCUT2D eigenvalue weighted by molar-refractivity contribution is 7.85. The van der Waals surface area contributed by atoms with Crippen molar-refractivity contribution in [1.82, 2.24) is 4.90 Å². The Kier molecular flexibility index (Phi) is 16.0. The Hall–Kier alpha value is -2.18. The van der Waals surface area contributed by atoms with E-state index in [2.05, 4.69) is 67.3 Å². The molecule has 0 unspecified atom stereocenters. The van der Waals surface area contributed by atoms with Crippen LogP contribution in [0.2, 0.25) is 0 Å². The molecule has 0 aliphatic carbocycles. The van der Waals surface area contributed by atoms with Crippen molar-refractivity contribution in [2.45, 2.75) is 104 Å². The van der Waals surface area contributed by atoms with Crippen LogP contribution in [0.4, 0.5) is 0 Å². The third-order valence-corrected chi connectivity index (χ3v) is 7.82. The van der Waals surface area contributed by atoms with Crippen LogP contribution in [0.1, 0.15) is 108 Å². The van der Waals surface area contributed by atoms with Crippen molar-refractivity contribution in [3.05, 3.63) is 66.0 Å². The number of hydrogen-bond donors (Lipinski definition) is 1. The second-order valence-electron chi connectivity index (χ2n) is 10.4. The maximum Gasteiger partial charge on any atom is 0.265 e. The van der Waals surface area contributed by atoms with Gasteiger partial charge in [0.1, 0.15) is 6.54 Å². The largest absolute Gasteiger partial charge is 0.371 e. The van der Waals surface area contributed by atoms with Crippen molar-refractivity contribution >= 4 is 21.9 Å². The summed E-state index contributed by atoms with van der Waals surface area (Å²) in [5.41, 5.74) is 3.63. The van der Waals surface area contributed by atoms with E-state index in [1.165, 1.54) is 93.9 Å². The van der Waals surface area contributed by atoms with Crippen molar-refractivity contribution in [1.29, 1.82) is 0 Å². The van der Waals surface area contributed by atoms with Gasteiger partial charge < -0.3 is 4.90 Å². The van der Waals surface area contributed by atoms with E-state index < -0.39 is 10.1 Å². The fourth-order valence-corrected chi connectivity index (χ4v) is 5.28. The quantitative estimate of drug-likeness (QED) is 0.0992. The fraction of sp³-hybridized carbons (Fsp3) is 0.594. The minimum atomic E-state index is -3.92. The first kappa shape index (κ1) is 32.0. The molecule has 1 N–H and O–H groups in total. The molecule has 5 nitrogen and oxygen atoms in total. The van der Waals surface area contributed by atoms with Crippen LogP contribution < -0.4 is 4.57 Å². The van der Waals surface area contributed by atoms with Crippen molar-refractivity contribution < 1.29 is 17.5 Å². The number of hydrogen-bond acceptors (Lipinski definition) is 3. The molecule has 1 aromatic heterocycles. The third-order valence-electron chi connectivity index (χ3n) is 7.01. The lowest BCUT2D eigenvalue weighted by Gasteiger charge is -2.28. The molecular weight excluding hydrogens is 492 g/mol. The van der Waals surface area contributed by atoms with Gasteiger partial charge in [-0.2, -0.15) is 8.42 Å². The van der Waals surface area contributed by atoms with Gasteiger partial charge in [-0.3, -0.25) is 4.55 Å². The second-order valence-corrected chi connectivity index (χ2v) is 12.0. The van der Waals surface area contributed by atoms with Crippen LogP contribution in [0.5, 0.6) is 0 Å². The third kappa shape index (κ3) is 14.1. The molecular formula is C32H51N2O3S+. The normalized spacial score (nSPS) is 12.1. The highest BCUT2D eigenvalue weighted by Gasteiger charge is 2.15. The molecule has 1 heterocycles. The molecule has 0 fully saturated rings. The van der Waals surface area contributed by atoms with Gasteiger partial charge in [-0.25, -0.2) is 4.57 Å². The topological polar surface area (TPSA) is 61.5 Å². The average Bonchev–Trinajstić information content (AvgIpc) is 2.90. The number of aryl methyl sites for hydroxylation is 1. The maximum absolute atomic E-state index is 11.1. The van der Waals surface area contributed by atoms with Crippen LogP contribution in [-0.4, -0.2) is 36.7 Å². The standard InChI is InChI=1S/C32H50N2O3S/c1-3-5-7-9-11-16-24-34(25-17-12-10-8-6-4-2)32(29-30-19-14-13-15-20-30)31-21-26-33(27-22-31)23-18-28-38(35,36)37/h13-15,19-22,26-27,29H,3-12,16-18,23-25,28H2,1-2H3/p+1.